The zero-order valence-electron chi connectivity index (χ0n) is 12.5. The van der Waals surface area contributed by atoms with Crippen molar-refractivity contribution >= 4 is 0 Å². The van der Waals surface area contributed by atoms with Gasteiger partial charge in [-0.05, 0) is 88.3 Å². The number of piperidine rings is 1. The van der Waals surface area contributed by atoms with Gasteiger partial charge in [-0.15, -0.1) is 0 Å². The first-order valence-electron chi connectivity index (χ1n) is 8.73. The van der Waals surface area contributed by atoms with Crippen molar-refractivity contribution in [3.05, 3.63) is 0 Å². The Hall–Kier alpha value is -0.0800. The molecule has 1 heterocycles. The molecule has 6 unspecified atom stereocenters. The second-order valence-corrected chi connectivity index (χ2v) is 7.94. The van der Waals surface area contributed by atoms with Gasteiger partial charge in [-0.25, -0.2) is 0 Å². The van der Waals surface area contributed by atoms with E-state index in [1.807, 2.05) is 0 Å². The molecule has 2 heteroatoms. The smallest absolute Gasteiger partial charge is 0.0101 e. The molecule has 4 rings (SSSR count). The number of likely N-dealkylation sites (tertiary alicyclic amines) is 1. The van der Waals surface area contributed by atoms with E-state index in [9.17, 15) is 0 Å². The van der Waals surface area contributed by atoms with Gasteiger partial charge in [0.05, 0.1) is 0 Å². The summed E-state index contributed by atoms with van der Waals surface area (Å²) in [7, 11) is 2.28. The van der Waals surface area contributed by atoms with Crippen molar-refractivity contribution in [1.82, 2.24) is 10.2 Å². The van der Waals surface area contributed by atoms with Crippen molar-refractivity contribution < 1.29 is 0 Å². The number of nitrogens with one attached hydrogen (secondary N) is 1. The van der Waals surface area contributed by atoms with Crippen molar-refractivity contribution in [2.45, 2.75) is 51.0 Å². The van der Waals surface area contributed by atoms with Crippen LogP contribution in [-0.2, 0) is 0 Å². The minimum atomic E-state index is 0.886. The monoisotopic (exact) mass is 262 g/mol. The van der Waals surface area contributed by atoms with Crippen LogP contribution in [0.5, 0.6) is 0 Å². The summed E-state index contributed by atoms with van der Waals surface area (Å²) in [6, 6.07) is 0.886. The Morgan fingerprint density at radius 3 is 2.79 bits per heavy atom. The maximum absolute atomic E-state index is 3.99. The van der Waals surface area contributed by atoms with E-state index in [4.69, 9.17) is 0 Å². The second kappa shape index (κ2) is 5.04. The van der Waals surface area contributed by atoms with Crippen LogP contribution in [0.4, 0.5) is 0 Å². The van der Waals surface area contributed by atoms with Gasteiger partial charge < -0.3 is 10.2 Å². The normalized spacial score (nSPS) is 49.7. The third kappa shape index (κ3) is 2.25. The van der Waals surface area contributed by atoms with Crippen LogP contribution < -0.4 is 5.32 Å². The van der Waals surface area contributed by atoms with Crippen molar-refractivity contribution in [3.63, 3.8) is 0 Å². The largest absolute Gasteiger partial charge is 0.313 e. The number of rotatable bonds is 3. The van der Waals surface area contributed by atoms with Gasteiger partial charge >= 0.3 is 0 Å². The average Bonchev–Trinajstić information content (AvgIpc) is 3.08. The first-order chi connectivity index (χ1) is 9.31. The zero-order chi connectivity index (χ0) is 12.8. The van der Waals surface area contributed by atoms with Gasteiger partial charge in [-0.3, -0.25) is 0 Å². The van der Waals surface area contributed by atoms with Gasteiger partial charge in [0.1, 0.15) is 0 Å². The number of hydrogen-bond donors (Lipinski definition) is 1. The average molecular weight is 262 g/mol. The SMILES string of the molecule is CN1CCCC(CNC2CC3CC2C2CCCC32)C1. The van der Waals surface area contributed by atoms with E-state index in [0.29, 0.717) is 0 Å². The molecule has 0 spiro atoms. The Balaban J connectivity index is 1.30. The lowest BCUT2D eigenvalue weighted by atomic mass is 9.79. The van der Waals surface area contributed by atoms with Crippen LogP contribution in [0.2, 0.25) is 0 Å². The molecule has 0 aromatic rings. The quantitative estimate of drug-likeness (QED) is 0.841. The molecule has 1 N–H and O–H groups in total. The highest BCUT2D eigenvalue weighted by molar-refractivity contribution is 5.05. The molecule has 0 aromatic heterocycles. The summed E-state index contributed by atoms with van der Waals surface area (Å²) in [5.41, 5.74) is 0. The fourth-order valence-electron chi connectivity index (χ4n) is 6.06. The third-order valence-corrected chi connectivity index (χ3v) is 6.82. The van der Waals surface area contributed by atoms with Gasteiger partial charge in [0.15, 0.2) is 0 Å². The molecular formula is C17H30N2. The first-order valence-corrected chi connectivity index (χ1v) is 8.73. The maximum Gasteiger partial charge on any atom is 0.0101 e. The maximum atomic E-state index is 3.99. The Labute approximate surface area is 118 Å². The predicted octanol–water partition coefficient (Wildman–Crippen LogP) is 2.74. The van der Waals surface area contributed by atoms with Crippen LogP contribution in [0.1, 0.15) is 44.9 Å². The number of hydrogen-bond acceptors (Lipinski definition) is 2. The summed E-state index contributed by atoms with van der Waals surface area (Å²) < 4.78 is 0. The van der Waals surface area contributed by atoms with Crippen molar-refractivity contribution in [2.24, 2.45) is 29.6 Å². The molecule has 3 aliphatic carbocycles. The lowest BCUT2D eigenvalue weighted by Crippen LogP contribution is -2.44. The molecule has 0 radical (unpaired) electrons. The van der Waals surface area contributed by atoms with E-state index in [0.717, 1.165) is 35.6 Å². The molecular weight excluding hydrogens is 232 g/mol. The molecule has 1 aliphatic heterocycles. The minimum Gasteiger partial charge on any atom is -0.313 e. The van der Waals surface area contributed by atoms with E-state index in [2.05, 4.69) is 17.3 Å². The Morgan fingerprint density at radius 2 is 1.89 bits per heavy atom. The molecule has 0 amide bonds. The molecule has 2 bridgehead atoms. The summed E-state index contributed by atoms with van der Waals surface area (Å²) in [5, 5.41) is 3.99. The van der Waals surface area contributed by atoms with Crippen LogP contribution in [0.15, 0.2) is 0 Å². The van der Waals surface area contributed by atoms with E-state index < -0.39 is 0 Å². The molecule has 108 valence electrons. The third-order valence-electron chi connectivity index (χ3n) is 6.82. The van der Waals surface area contributed by atoms with Crippen LogP contribution >= 0.6 is 0 Å². The first kappa shape index (κ1) is 12.6. The van der Waals surface area contributed by atoms with E-state index in [1.54, 1.807) is 19.3 Å². The summed E-state index contributed by atoms with van der Waals surface area (Å²) >= 11 is 0. The van der Waals surface area contributed by atoms with Gasteiger partial charge in [-0.2, -0.15) is 0 Å². The molecule has 4 aliphatic rings. The Bertz CT molecular complexity index is 329. The van der Waals surface area contributed by atoms with Crippen molar-refractivity contribution in [3.8, 4) is 0 Å². The lowest BCUT2D eigenvalue weighted by molar-refractivity contribution is 0.175. The number of fused-ring (bicyclic) bond motifs is 5. The van der Waals surface area contributed by atoms with Gasteiger partial charge in [0.25, 0.3) is 0 Å². The summed E-state index contributed by atoms with van der Waals surface area (Å²) in [4.78, 5) is 2.52. The van der Waals surface area contributed by atoms with Crippen LogP contribution in [0, 0.1) is 29.6 Å². The van der Waals surface area contributed by atoms with Crippen LogP contribution in [0.3, 0.4) is 0 Å². The highest BCUT2D eigenvalue weighted by Crippen LogP contribution is 2.58. The minimum absolute atomic E-state index is 0.886. The van der Waals surface area contributed by atoms with Crippen LogP contribution in [0.25, 0.3) is 0 Å². The summed E-state index contributed by atoms with van der Waals surface area (Å²) in [6.45, 7) is 3.92. The van der Waals surface area contributed by atoms with Crippen LogP contribution in [-0.4, -0.2) is 37.6 Å². The van der Waals surface area contributed by atoms with Crippen molar-refractivity contribution in [1.29, 1.82) is 0 Å². The van der Waals surface area contributed by atoms with Gasteiger partial charge in [0, 0.05) is 12.6 Å². The fourth-order valence-corrected chi connectivity index (χ4v) is 6.06. The van der Waals surface area contributed by atoms with E-state index in [-0.39, 0.29) is 0 Å². The fraction of sp³-hybridized carbons (Fsp3) is 1.00. The summed E-state index contributed by atoms with van der Waals surface area (Å²) in [6.07, 6.45) is 10.6. The molecule has 6 atom stereocenters. The Morgan fingerprint density at radius 1 is 1.00 bits per heavy atom. The topological polar surface area (TPSA) is 15.3 Å². The summed E-state index contributed by atoms with van der Waals surface area (Å²) in [5.74, 6) is 5.33. The van der Waals surface area contributed by atoms with Crippen molar-refractivity contribution in [2.75, 3.05) is 26.7 Å². The van der Waals surface area contributed by atoms with Gasteiger partial charge in [-0.1, -0.05) is 6.42 Å². The standard InChI is InChI=1S/C17H30N2/c1-19-7-3-4-12(11-19)10-18-17-9-13-8-16(17)15-6-2-5-14(13)15/h12-18H,2-11H2,1H3. The molecule has 19 heavy (non-hydrogen) atoms. The van der Waals surface area contributed by atoms with E-state index >= 15 is 0 Å². The molecule has 1 saturated heterocycles. The predicted molar refractivity (Wildman–Crippen MR) is 79.1 cm³/mol. The van der Waals surface area contributed by atoms with E-state index in [1.165, 1.54) is 45.3 Å². The highest BCUT2D eigenvalue weighted by atomic mass is 15.1. The lowest BCUT2D eigenvalue weighted by Gasteiger charge is -2.35. The molecule has 4 fully saturated rings. The molecule has 3 saturated carbocycles. The highest BCUT2D eigenvalue weighted by Gasteiger charge is 2.53. The van der Waals surface area contributed by atoms with Gasteiger partial charge in [0.2, 0.25) is 0 Å². The molecule has 2 nitrogen and oxygen atoms in total. The Kier molecular flexibility index (Phi) is 3.35. The zero-order valence-corrected chi connectivity index (χ0v) is 12.5. The molecule has 0 aromatic carbocycles. The second-order valence-electron chi connectivity index (χ2n) is 7.94. The number of nitrogens with zero attached hydrogens (tertiary/aromatic N) is 1.